The predicted molar refractivity (Wildman–Crippen MR) is 516 cm³/mol. The molecule has 0 bridgehead atoms. The van der Waals surface area contributed by atoms with Gasteiger partial charge in [-0.05, 0) is 271 Å². The lowest BCUT2D eigenvalue weighted by Crippen LogP contribution is -2.44. The van der Waals surface area contributed by atoms with Gasteiger partial charge in [0.15, 0.2) is 0 Å². The highest BCUT2D eigenvalue weighted by Gasteiger charge is 2.43. The second-order valence-corrected chi connectivity index (χ2v) is 35.7. The second-order valence-electron chi connectivity index (χ2n) is 35.7. The number of hydrogen-bond acceptors (Lipinski definition) is 11. The van der Waals surface area contributed by atoms with Crippen LogP contribution in [0.5, 0.6) is 0 Å². The van der Waals surface area contributed by atoms with Gasteiger partial charge in [-0.3, -0.25) is 0 Å². The number of fused-ring (bicyclic) bond motifs is 5. The minimum Gasteiger partial charge on any atom is -0.422 e. The van der Waals surface area contributed by atoms with Crippen molar-refractivity contribution in [2.75, 3.05) is 37.6 Å². The van der Waals surface area contributed by atoms with Gasteiger partial charge >= 0.3 is 16.9 Å². The Morgan fingerprint density at radius 3 is 1.48 bits per heavy atom. The Hall–Kier alpha value is -14.8. The summed E-state index contributed by atoms with van der Waals surface area (Å²) in [6.45, 7) is 15.6. The standard InChI is InChI=1S/C114H91N5O6/c1-71(2)103-97-57-56-92(117(85-28-15-9-16-29-85)86-30-17-10-18-31-86)70-102(97)124-112(122)106(103)76-44-53-90(54-45-76)119(89-49-40-74(41-50-89)98-66-77-46-55-91(69-101(77)123-110(98)120)116(83-24-11-7-12-25-83)84-26-13-8-14-27-84)94-64-80-36-34-78-62-93(63-79-35-37-81(65-94)105(80)104(78)79)118(87-47-38-73(39-48-87)96-33-21-23-72-22-19-20-32-95(72)96)88-51-42-75(43-52-88)99-67-82-68-100-108-107(109(82)125-111(99)121)114(5,6)59-61-115(108)60-58-113(100,3)4/h7-57,64-71,78,93H,58-63H2,1-6H3. The third-order valence-electron chi connectivity index (χ3n) is 26.8. The second kappa shape index (κ2) is 30.4. The zero-order valence-corrected chi connectivity index (χ0v) is 70.6. The van der Waals surface area contributed by atoms with E-state index in [1.807, 2.05) is 121 Å². The van der Waals surface area contributed by atoms with E-state index in [0.717, 1.165) is 156 Å². The summed E-state index contributed by atoms with van der Waals surface area (Å²) in [6, 6.07) is 118. The molecule has 11 heteroatoms. The monoisotopic (exact) mass is 1630 g/mol. The molecule has 0 saturated carbocycles. The van der Waals surface area contributed by atoms with E-state index in [9.17, 15) is 14.4 Å². The summed E-state index contributed by atoms with van der Waals surface area (Å²) in [5, 5.41) is 7.42. The average Bonchev–Trinajstić information content (AvgIpc) is 0.895. The zero-order chi connectivity index (χ0) is 84.5. The van der Waals surface area contributed by atoms with Crippen molar-refractivity contribution in [3.63, 3.8) is 0 Å². The minimum absolute atomic E-state index is 0.0286. The van der Waals surface area contributed by atoms with Gasteiger partial charge < -0.3 is 37.8 Å². The van der Waals surface area contributed by atoms with Gasteiger partial charge in [0, 0.05) is 127 Å². The summed E-state index contributed by atoms with van der Waals surface area (Å²) in [4.78, 5) is 55.7. The van der Waals surface area contributed by atoms with E-state index in [2.05, 4.69) is 297 Å². The van der Waals surface area contributed by atoms with Gasteiger partial charge in [-0.15, -0.1) is 0 Å². The molecule has 18 aromatic rings. The fourth-order valence-electron chi connectivity index (χ4n) is 20.6. The molecule has 2 unspecified atom stereocenters. The van der Waals surface area contributed by atoms with E-state index in [0.29, 0.717) is 39.0 Å². The van der Waals surface area contributed by atoms with Crippen molar-refractivity contribution < 1.29 is 13.3 Å². The SMILES string of the molecule is CC(C)c1c(-c2ccc(N(c3ccc(-c4cc5ccc(N(c6ccccc6)c6ccccc6)cc5oc4=O)cc3)c3cc4c5c6c(ccc5c3)CC(N(c3ccc(-c5cc7cc8c9c(c7oc5=O)C(C)(C)CCN9CCC8(C)C)cc3)c3ccc(-c5cccc7ccccc57)cc3)CC6C=C4)cc2)c(=O)oc2cc(N(c3ccccc3)c3ccccc3)ccc12. The Morgan fingerprint density at radius 2 is 0.872 bits per heavy atom. The van der Waals surface area contributed by atoms with Crippen LogP contribution in [0, 0.1) is 0 Å². The van der Waals surface area contributed by atoms with Crippen LogP contribution in [-0.4, -0.2) is 19.1 Å². The molecule has 0 N–H and O–H groups in total. The van der Waals surface area contributed by atoms with E-state index in [4.69, 9.17) is 13.3 Å². The highest BCUT2D eigenvalue weighted by atomic mass is 16.4. The lowest BCUT2D eigenvalue weighted by molar-refractivity contribution is 0.398. The summed E-state index contributed by atoms with van der Waals surface area (Å²) >= 11 is 0. The Kier molecular flexibility index (Phi) is 18.5. The lowest BCUT2D eigenvalue weighted by atomic mass is 9.69. The number of hydrogen-bond donors (Lipinski definition) is 0. The van der Waals surface area contributed by atoms with Crippen LogP contribution in [0.15, 0.2) is 373 Å². The number of nitrogens with zero attached hydrogens (tertiary/aromatic N) is 5. The van der Waals surface area contributed by atoms with Crippen molar-refractivity contribution in [1.82, 2.24) is 0 Å². The highest BCUT2D eigenvalue weighted by Crippen LogP contribution is 2.54. The number of anilines is 12. The number of para-hydroxylation sites is 4. The molecule has 2 aliphatic heterocycles. The van der Waals surface area contributed by atoms with Gasteiger partial charge in [-0.1, -0.05) is 230 Å². The van der Waals surface area contributed by atoms with Crippen molar-refractivity contribution in [2.24, 2.45) is 0 Å². The molecule has 2 atom stereocenters. The van der Waals surface area contributed by atoms with E-state index in [-0.39, 0.29) is 34.3 Å². The molecule has 125 heavy (non-hydrogen) atoms. The van der Waals surface area contributed by atoms with Gasteiger partial charge in [0.05, 0.1) is 16.7 Å². The largest absolute Gasteiger partial charge is 0.422 e. The normalized spacial score (nSPS) is 15.3. The predicted octanol–water partition coefficient (Wildman–Crippen LogP) is 28.9. The quantitative estimate of drug-likeness (QED) is 0.0814. The van der Waals surface area contributed by atoms with Crippen LogP contribution in [0.1, 0.15) is 106 Å². The van der Waals surface area contributed by atoms with Gasteiger partial charge in [0.2, 0.25) is 0 Å². The molecule has 3 aromatic heterocycles. The first-order chi connectivity index (χ1) is 61.0. The van der Waals surface area contributed by atoms with Gasteiger partial charge in [0.1, 0.15) is 16.7 Å². The molecule has 0 spiro atoms. The molecular weight excluding hydrogens is 1540 g/mol. The topological polar surface area (TPSA) is 107 Å². The van der Waals surface area contributed by atoms with E-state index >= 15 is 0 Å². The van der Waals surface area contributed by atoms with Crippen molar-refractivity contribution in [1.29, 1.82) is 0 Å². The molecule has 4 aliphatic rings. The summed E-state index contributed by atoms with van der Waals surface area (Å²) < 4.78 is 19.3. The van der Waals surface area contributed by atoms with E-state index in [1.165, 1.54) is 44.1 Å². The summed E-state index contributed by atoms with van der Waals surface area (Å²) in [7, 11) is 0. The molecule has 608 valence electrons. The number of benzene rings is 15. The lowest BCUT2D eigenvalue weighted by Gasteiger charge is -2.48. The van der Waals surface area contributed by atoms with Crippen LogP contribution in [0.2, 0.25) is 0 Å². The first kappa shape index (κ1) is 76.3. The fraction of sp³-hybridized carbons (Fsp3) is 0.149. The van der Waals surface area contributed by atoms with Crippen LogP contribution in [0.25, 0.3) is 105 Å². The smallest absolute Gasteiger partial charge is 0.344 e. The molecule has 0 radical (unpaired) electrons. The number of allylic oxidation sites excluding steroid dienone is 1. The van der Waals surface area contributed by atoms with Crippen LogP contribution >= 0.6 is 0 Å². The molecular formula is C114H91N5O6. The van der Waals surface area contributed by atoms with E-state index in [1.54, 1.807) is 0 Å². The summed E-state index contributed by atoms with van der Waals surface area (Å²) in [5.41, 5.74) is 25.4. The summed E-state index contributed by atoms with van der Waals surface area (Å²) in [5.74, 6) is 0.0505. The van der Waals surface area contributed by atoms with Gasteiger partial charge in [0.25, 0.3) is 0 Å². The molecule has 5 heterocycles. The highest BCUT2D eigenvalue weighted by molar-refractivity contribution is 6.03. The maximum atomic E-state index is 14.9. The Labute approximate surface area is 725 Å². The van der Waals surface area contributed by atoms with Crippen LogP contribution in [-0.2, 0) is 17.3 Å². The van der Waals surface area contributed by atoms with E-state index < -0.39 is 11.3 Å². The molecule has 0 amide bonds. The summed E-state index contributed by atoms with van der Waals surface area (Å²) in [6.07, 6.45) is 8.44. The maximum Gasteiger partial charge on any atom is 0.344 e. The van der Waals surface area contributed by atoms with Crippen molar-refractivity contribution in [3.8, 4) is 44.5 Å². The fourth-order valence-corrected chi connectivity index (χ4v) is 20.6. The Morgan fingerprint density at radius 1 is 0.384 bits per heavy atom. The minimum atomic E-state index is -0.441. The van der Waals surface area contributed by atoms with Crippen LogP contribution in [0.4, 0.5) is 68.2 Å². The zero-order valence-electron chi connectivity index (χ0n) is 70.6. The molecule has 0 fully saturated rings. The third-order valence-corrected chi connectivity index (χ3v) is 26.8. The Balaban J connectivity index is 0.629. The maximum absolute atomic E-state index is 14.9. The van der Waals surface area contributed by atoms with Crippen LogP contribution in [0.3, 0.4) is 0 Å². The Bertz CT molecular complexity index is 7440. The first-order valence-corrected chi connectivity index (χ1v) is 43.7. The molecule has 0 saturated heterocycles. The average molecular weight is 1630 g/mol. The molecule has 15 aromatic carbocycles. The van der Waals surface area contributed by atoms with Gasteiger partial charge in [-0.25, -0.2) is 14.4 Å². The van der Waals surface area contributed by atoms with Crippen molar-refractivity contribution in [3.05, 3.63) is 410 Å². The molecule has 2 aliphatic carbocycles. The van der Waals surface area contributed by atoms with Gasteiger partial charge in [-0.2, -0.15) is 0 Å². The first-order valence-electron chi connectivity index (χ1n) is 43.7. The van der Waals surface area contributed by atoms with Crippen LogP contribution < -0.4 is 41.4 Å². The number of rotatable bonds is 17. The van der Waals surface area contributed by atoms with Crippen molar-refractivity contribution in [2.45, 2.75) is 95.9 Å². The third kappa shape index (κ3) is 13.4. The molecule has 11 nitrogen and oxygen atoms in total. The van der Waals surface area contributed by atoms with Crippen molar-refractivity contribution >= 4 is 129 Å². The molecule has 22 rings (SSSR count).